The Kier molecular flexibility index (Phi) is 4.62. The SMILES string of the molecule is COCCNCC(O)CC1CC2CCC1C2. The molecule has 2 aliphatic rings. The second-order valence-corrected chi connectivity index (χ2v) is 5.52. The van der Waals surface area contributed by atoms with Crippen LogP contribution in [0.5, 0.6) is 0 Å². The van der Waals surface area contributed by atoms with Crippen LogP contribution in [-0.4, -0.2) is 38.0 Å². The lowest BCUT2D eigenvalue weighted by molar-refractivity contribution is 0.119. The molecule has 0 aliphatic heterocycles. The highest BCUT2D eigenvalue weighted by molar-refractivity contribution is 4.90. The Balaban J connectivity index is 1.58. The summed E-state index contributed by atoms with van der Waals surface area (Å²) in [5.41, 5.74) is 0. The molecular formula is C13H25NO2. The molecule has 0 heterocycles. The smallest absolute Gasteiger partial charge is 0.0667 e. The van der Waals surface area contributed by atoms with Crippen molar-refractivity contribution in [1.29, 1.82) is 0 Å². The molecule has 0 aromatic heterocycles. The van der Waals surface area contributed by atoms with Crippen molar-refractivity contribution in [3.63, 3.8) is 0 Å². The van der Waals surface area contributed by atoms with Crippen LogP contribution in [0.3, 0.4) is 0 Å². The molecule has 2 rings (SSSR count). The van der Waals surface area contributed by atoms with E-state index in [2.05, 4.69) is 5.32 Å². The number of methoxy groups -OCH3 is 1. The van der Waals surface area contributed by atoms with Crippen LogP contribution in [0.25, 0.3) is 0 Å². The summed E-state index contributed by atoms with van der Waals surface area (Å²) < 4.78 is 4.95. The Morgan fingerprint density at radius 2 is 2.25 bits per heavy atom. The largest absolute Gasteiger partial charge is 0.392 e. The van der Waals surface area contributed by atoms with Gasteiger partial charge in [-0.1, -0.05) is 6.42 Å². The lowest BCUT2D eigenvalue weighted by Gasteiger charge is -2.24. The van der Waals surface area contributed by atoms with E-state index < -0.39 is 0 Å². The van der Waals surface area contributed by atoms with Crippen molar-refractivity contribution in [3.05, 3.63) is 0 Å². The molecule has 2 N–H and O–H groups in total. The molecule has 16 heavy (non-hydrogen) atoms. The maximum atomic E-state index is 9.93. The van der Waals surface area contributed by atoms with E-state index in [0.717, 1.165) is 43.9 Å². The van der Waals surface area contributed by atoms with Crippen LogP contribution in [0.4, 0.5) is 0 Å². The van der Waals surface area contributed by atoms with Crippen LogP contribution in [-0.2, 0) is 4.74 Å². The summed E-state index contributed by atoms with van der Waals surface area (Å²) in [6.07, 6.45) is 6.51. The molecule has 0 aromatic rings. The number of nitrogens with one attached hydrogen (secondary N) is 1. The number of aliphatic hydroxyl groups is 1. The van der Waals surface area contributed by atoms with Gasteiger partial charge in [-0.15, -0.1) is 0 Å². The Morgan fingerprint density at radius 3 is 2.88 bits per heavy atom. The van der Waals surface area contributed by atoms with Gasteiger partial charge in [0.25, 0.3) is 0 Å². The van der Waals surface area contributed by atoms with Crippen molar-refractivity contribution in [2.45, 2.75) is 38.2 Å². The summed E-state index contributed by atoms with van der Waals surface area (Å²) in [5.74, 6) is 2.72. The first-order valence-corrected chi connectivity index (χ1v) is 6.67. The average Bonchev–Trinajstić information content (AvgIpc) is 2.86. The number of ether oxygens (including phenoxy) is 1. The zero-order chi connectivity index (χ0) is 11.4. The van der Waals surface area contributed by atoms with Gasteiger partial charge in [0.1, 0.15) is 0 Å². The van der Waals surface area contributed by atoms with Crippen molar-refractivity contribution in [2.24, 2.45) is 17.8 Å². The minimum absolute atomic E-state index is 0.166. The van der Waals surface area contributed by atoms with E-state index in [9.17, 15) is 5.11 Å². The van der Waals surface area contributed by atoms with Gasteiger partial charge in [0.05, 0.1) is 12.7 Å². The molecule has 4 atom stereocenters. The molecule has 3 nitrogen and oxygen atoms in total. The maximum Gasteiger partial charge on any atom is 0.0667 e. The summed E-state index contributed by atoms with van der Waals surface area (Å²) >= 11 is 0. The minimum Gasteiger partial charge on any atom is -0.392 e. The molecule has 2 fully saturated rings. The van der Waals surface area contributed by atoms with Crippen molar-refractivity contribution >= 4 is 0 Å². The Bertz CT molecular complexity index is 210. The predicted octanol–water partition coefficient (Wildman–Crippen LogP) is 1.41. The molecule has 2 bridgehead atoms. The molecule has 0 spiro atoms. The molecule has 2 saturated carbocycles. The summed E-state index contributed by atoms with van der Waals surface area (Å²) in [5, 5.41) is 13.2. The van der Waals surface area contributed by atoms with Crippen molar-refractivity contribution in [1.82, 2.24) is 5.32 Å². The number of aliphatic hydroxyl groups excluding tert-OH is 1. The standard InChI is InChI=1S/C13H25NO2/c1-16-5-4-14-9-13(15)8-12-7-10-2-3-11(12)6-10/h10-15H,2-9H2,1H3. The lowest BCUT2D eigenvalue weighted by atomic mass is 9.85. The first-order chi connectivity index (χ1) is 7.79. The average molecular weight is 227 g/mol. The van der Waals surface area contributed by atoms with Gasteiger partial charge in [-0.25, -0.2) is 0 Å². The molecule has 0 radical (unpaired) electrons. The quantitative estimate of drug-likeness (QED) is 0.646. The van der Waals surface area contributed by atoms with Gasteiger partial charge in [0.15, 0.2) is 0 Å². The van der Waals surface area contributed by atoms with Crippen molar-refractivity contribution in [3.8, 4) is 0 Å². The number of fused-ring (bicyclic) bond motifs is 2. The number of hydrogen-bond acceptors (Lipinski definition) is 3. The van der Waals surface area contributed by atoms with E-state index in [-0.39, 0.29) is 6.10 Å². The molecule has 0 amide bonds. The topological polar surface area (TPSA) is 41.5 Å². The lowest BCUT2D eigenvalue weighted by Crippen LogP contribution is -2.31. The first kappa shape index (κ1) is 12.3. The van der Waals surface area contributed by atoms with Gasteiger partial charge in [0.2, 0.25) is 0 Å². The summed E-state index contributed by atoms with van der Waals surface area (Å²) in [7, 11) is 1.70. The number of hydrogen-bond donors (Lipinski definition) is 2. The molecule has 0 aromatic carbocycles. The monoisotopic (exact) mass is 227 g/mol. The first-order valence-electron chi connectivity index (χ1n) is 6.67. The zero-order valence-corrected chi connectivity index (χ0v) is 10.3. The number of rotatable bonds is 7. The Morgan fingerprint density at radius 1 is 1.38 bits per heavy atom. The maximum absolute atomic E-state index is 9.93. The van der Waals surface area contributed by atoms with E-state index in [4.69, 9.17) is 4.74 Å². The molecule has 3 heteroatoms. The van der Waals surface area contributed by atoms with Gasteiger partial charge in [0, 0.05) is 20.2 Å². The van der Waals surface area contributed by atoms with E-state index in [0.29, 0.717) is 0 Å². The van der Waals surface area contributed by atoms with E-state index >= 15 is 0 Å². The minimum atomic E-state index is -0.166. The molecule has 94 valence electrons. The highest BCUT2D eigenvalue weighted by atomic mass is 16.5. The van der Waals surface area contributed by atoms with Crippen molar-refractivity contribution in [2.75, 3.05) is 26.8 Å². The summed E-state index contributed by atoms with van der Waals surface area (Å²) in [4.78, 5) is 0. The zero-order valence-electron chi connectivity index (χ0n) is 10.3. The fraction of sp³-hybridized carbons (Fsp3) is 1.00. The molecule has 4 unspecified atom stereocenters. The molecule has 0 saturated heterocycles. The second kappa shape index (κ2) is 5.99. The van der Waals surface area contributed by atoms with Crippen molar-refractivity contribution < 1.29 is 9.84 Å². The van der Waals surface area contributed by atoms with Crippen LogP contribution in [0.1, 0.15) is 32.1 Å². The third kappa shape index (κ3) is 3.19. The highest BCUT2D eigenvalue weighted by Gasteiger charge is 2.39. The Hall–Kier alpha value is -0.120. The van der Waals surface area contributed by atoms with E-state index in [1.165, 1.54) is 25.7 Å². The van der Waals surface area contributed by atoms with E-state index in [1.54, 1.807) is 7.11 Å². The normalized spacial score (nSPS) is 34.5. The summed E-state index contributed by atoms with van der Waals surface area (Å²) in [6.45, 7) is 2.28. The van der Waals surface area contributed by atoms with Crippen LogP contribution in [0.2, 0.25) is 0 Å². The highest BCUT2D eigenvalue weighted by Crippen LogP contribution is 2.49. The van der Waals surface area contributed by atoms with Crippen LogP contribution in [0, 0.1) is 17.8 Å². The summed E-state index contributed by atoms with van der Waals surface area (Å²) in [6, 6.07) is 0. The molecular weight excluding hydrogens is 202 g/mol. The van der Waals surface area contributed by atoms with Gasteiger partial charge in [-0.2, -0.15) is 0 Å². The fourth-order valence-corrected chi connectivity index (χ4v) is 3.54. The van der Waals surface area contributed by atoms with E-state index in [1.807, 2.05) is 0 Å². The molecule has 2 aliphatic carbocycles. The van der Waals surface area contributed by atoms with Gasteiger partial charge in [-0.3, -0.25) is 0 Å². The van der Waals surface area contributed by atoms with Gasteiger partial charge >= 0.3 is 0 Å². The van der Waals surface area contributed by atoms with Crippen LogP contribution in [0.15, 0.2) is 0 Å². The third-order valence-corrected chi connectivity index (χ3v) is 4.32. The van der Waals surface area contributed by atoms with Gasteiger partial charge < -0.3 is 15.2 Å². The predicted molar refractivity (Wildman–Crippen MR) is 64.3 cm³/mol. The fourth-order valence-electron chi connectivity index (χ4n) is 3.54. The Labute approximate surface area is 98.6 Å². The second-order valence-electron chi connectivity index (χ2n) is 5.52. The van der Waals surface area contributed by atoms with Gasteiger partial charge in [-0.05, 0) is 43.4 Å². The third-order valence-electron chi connectivity index (χ3n) is 4.32. The van der Waals surface area contributed by atoms with Crippen LogP contribution >= 0.6 is 0 Å². The van der Waals surface area contributed by atoms with Crippen LogP contribution < -0.4 is 5.32 Å².